The number of ether oxygens (including phenoxy) is 1. The van der Waals surface area contributed by atoms with Crippen LogP contribution in [0.2, 0.25) is 0 Å². The van der Waals surface area contributed by atoms with Gasteiger partial charge in [-0.2, -0.15) is 0 Å². The molecule has 156 valence electrons. The third-order valence-electron chi connectivity index (χ3n) is 6.83. The number of carbonyl (C=O) groups excluding carboxylic acids is 1. The molecule has 1 N–H and O–H groups in total. The fourth-order valence-corrected chi connectivity index (χ4v) is 4.78. The Morgan fingerprint density at radius 1 is 1.28 bits per heavy atom. The van der Waals surface area contributed by atoms with Gasteiger partial charge in [-0.1, -0.05) is 12.8 Å². The lowest BCUT2D eigenvalue weighted by molar-refractivity contribution is -0.149. The van der Waals surface area contributed by atoms with Crippen LogP contribution in [-0.4, -0.2) is 40.7 Å². The molecule has 2 aliphatic rings. The molecule has 1 unspecified atom stereocenters. The van der Waals surface area contributed by atoms with Gasteiger partial charge in [0, 0.05) is 36.0 Å². The smallest absolute Gasteiger partial charge is 0.339 e. The van der Waals surface area contributed by atoms with Crippen LogP contribution in [0.1, 0.15) is 50.2 Å². The lowest BCUT2D eigenvalue weighted by Crippen LogP contribution is -2.56. The van der Waals surface area contributed by atoms with Crippen molar-refractivity contribution < 1.29 is 19.1 Å². The number of nitrogens with zero attached hydrogens (tertiary/aromatic N) is 1. The van der Waals surface area contributed by atoms with Crippen molar-refractivity contribution in [3.05, 3.63) is 39.7 Å². The number of piperidine rings is 1. The van der Waals surface area contributed by atoms with E-state index in [9.17, 15) is 14.7 Å². The molecule has 4 rings (SSSR count). The van der Waals surface area contributed by atoms with Gasteiger partial charge >= 0.3 is 5.63 Å². The van der Waals surface area contributed by atoms with E-state index in [1.807, 2.05) is 17.9 Å². The van der Waals surface area contributed by atoms with Crippen molar-refractivity contribution in [1.82, 2.24) is 4.90 Å². The second-order valence-electron chi connectivity index (χ2n) is 8.64. The highest BCUT2D eigenvalue weighted by atomic mass is 16.5. The third-order valence-corrected chi connectivity index (χ3v) is 6.83. The summed E-state index contributed by atoms with van der Waals surface area (Å²) < 4.78 is 11.3. The molecular formula is C23H29NO5. The third kappa shape index (κ3) is 3.66. The molecule has 1 aromatic heterocycles. The molecule has 1 aliphatic heterocycles. The Hall–Kier alpha value is -2.34. The maximum absolute atomic E-state index is 12.9. The first-order valence-electron chi connectivity index (χ1n) is 10.5. The van der Waals surface area contributed by atoms with E-state index >= 15 is 0 Å². The topological polar surface area (TPSA) is 80.0 Å². The minimum Gasteiger partial charge on any atom is -0.481 e. The predicted molar refractivity (Wildman–Crippen MR) is 110 cm³/mol. The van der Waals surface area contributed by atoms with E-state index in [4.69, 9.17) is 9.15 Å². The van der Waals surface area contributed by atoms with Gasteiger partial charge in [-0.05, 0) is 57.7 Å². The van der Waals surface area contributed by atoms with Gasteiger partial charge in [0.2, 0.25) is 0 Å². The highest BCUT2D eigenvalue weighted by Gasteiger charge is 2.44. The van der Waals surface area contributed by atoms with E-state index < -0.39 is 11.7 Å². The van der Waals surface area contributed by atoms with Crippen LogP contribution in [0.25, 0.3) is 11.0 Å². The monoisotopic (exact) mass is 399 g/mol. The summed E-state index contributed by atoms with van der Waals surface area (Å²) in [6, 6.07) is 5.33. The van der Waals surface area contributed by atoms with Gasteiger partial charge in [0.25, 0.3) is 5.91 Å². The summed E-state index contributed by atoms with van der Waals surface area (Å²) in [6.07, 6.45) is 3.97. The fourth-order valence-electron chi connectivity index (χ4n) is 4.78. The van der Waals surface area contributed by atoms with Crippen LogP contribution in [-0.2, 0) is 4.79 Å². The maximum atomic E-state index is 12.9. The zero-order valence-corrected chi connectivity index (χ0v) is 17.4. The summed E-state index contributed by atoms with van der Waals surface area (Å²) in [5, 5.41) is 11.7. The van der Waals surface area contributed by atoms with Crippen molar-refractivity contribution in [2.45, 2.75) is 64.6 Å². The molecule has 1 aromatic carbocycles. The maximum Gasteiger partial charge on any atom is 0.339 e. The standard InChI is InChI=1S/C23H29NO5/c1-14-15(2)22(26)29-20-12-18(7-8-19(14)20)28-16(3)21(25)24-11-10-23(27)9-5-4-6-17(23)13-24/h7-8,12,16-17,27H,4-6,9-11,13H2,1-3H3/t16?,17-,23-/m0/s1. The van der Waals surface area contributed by atoms with Crippen LogP contribution in [0, 0.1) is 19.8 Å². The van der Waals surface area contributed by atoms with Gasteiger partial charge in [0.15, 0.2) is 6.10 Å². The van der Waals surface area contributed by atoms with Crippen LogP contribution in [0.3, 0.4) is 0 Å². The predicted octanol–water partition coefficient (Wildman–Crippen LogP) is 3.33. The Bertz CT molecular complexity index is 997. The van der Waals surface area contributed by atoms with Crippen molar-refractivity contribution in [3.8, 4) is 5.75 Å². The molecular weight excluding hydrogens is 370 g/mol. The first kappa shape index (κ1) is 20.0. The van der Waals surface area contributed by atoms with E-state index in [1.54, 1.807) is 26.0 Å². The Morgan fingerprint density at radius 3 is 2.86 bits per heavy atom. The molecule has 6 nitrogen and oxygen atoms in total. The van der Waals surface area contributed by atoms with Gasteiger partial charge in [0.05, 0.1) is 5.60 Å². The molecule has 1 saturated heterocycles. The number of benzene rings is 1. The van der Waals surface area contributed by atoms with Crippen molar-refractivity contribution >= 4 is 16.9 Å². The number of aliphatic hydroxyl groups is 1. The van der Waals surface area contributed by atoms with Crippen LogP contribution in [0.15, 0.2) is 27.4 Å². The lowest BCUT2D eigenvalue weighted by atomic mass is 9.71. The number of likely N-dealkylation sites (tertiary alicyclic amines) is 1. The molecule has 0 spiro atoms. The summed E-state index contributed by atoms with van der Waals surface area (Å²) >= 11 is 0. The van der Waals surface area contributed by atoms with E-state index in [1.165, 1.54) is 0 Å². The van der Waals surface area contributed by atoms with Crippen molar-refractivity contribution in [3.63, 3.8) is 0 Å². The molecule has 29 heavy (non-hydrogen) atoms. The van der Waals surface area contributed by atoms with Crippen molar-refractivity contribution in [2.75, 3.05) is 13.1 Å². The molecule has 2 fully saturated rings. The van der Waals surface area contributed by atoms with E-state index in [0.29, 0.717) is 36.4 Å². The molecule has 2 heterocycles. The van der Waals surface area contributed by atoms with E-state index in [-0.39, 0.29) is 17.5 Å². The minimum absolute atomic E-state index is 0.0701. The summed E-state index contributed by atoms with van der Waals surface area (Å²) in [4.78, 5) is 26.7. The zero-order valence-electron chi connectivity index (χ0n) is 17.4. The first-order valence-corrected chi connectivity index (χ1v) is 10.5. The van der Waals surface area contributed by atoms with Crippen LogP contribution < -0.4 is 10.4 Å². The van der Waals surface area contributed by atoms with Gasteiger partial charge in [0.1, 0.15) is 11.3 Å². The number of amides is 1. The number of rotatable bonds is 3. The fraction of sp³-hybridized carbons (Fsp3) is 0.565. The lowest BCUT2D eigenvalue weighted by Gasteiger charge is -2.47. The van der Waals surface area contributed by atoms with Crippen LogP contribution in [0.4, 0.5) is 0 Å². The number of aryl methyl sites for hydroxylation is 1. The average molecular weight is 399 g/mol. The van der Waals surface area contributed by atoms with Crippen LogP contribution in [0.5, 0.6) is 5.75 Å². The highest BCUT2D eigenvalue weighted by molar-refractivity contribution is 5.83. The quantitative estimate of drug-likeness (QED) is 0.801. The number of hydrogen-bond acceptors (Lipinski definition) is 5. The average Bonchev–Trinajstić information content (AvgIpc) is 2.70. The van der Waals surface area contributed by atoms with Gasteiger partial charge < -0.3 is 19.2 Å². The number of hydrogen-bond donors (Lipinski definition) is 1. The molecule has 1 aliphatic carbocycles. The SMILES string of the molecule is Cc1c(C)c2ccc(OC(C)C(=O)N3CC[C@@]4(O)CCCC[C@H]4C3)cc2oc1=O. The molecule has 1 amide bonds. The second kappa shape index (κ2) is 7.48. The van der Waals surface area contributed by atoms with E-state index in [2.05, 4.69) is 0 Å². The Balaban J connectivity index is 1.47. The molecule has 6 heteroatoms. The Kier molecular flexibility index (Phi) is 5.15. The molecule has 0 bridgehead atoms. The molecule has 1 saturated carbocycles. The molecule has 3 atom stereocenters. The molecule has 0 radical (unpaired) electrons. The van der Waals surface area contributed by atoms with Gasteiger partial charge in [-0.25, -0.2) is 4.79 Å². The normalized spacial score (nSPS) is 25.5. The summed E-state index contributed by atoms with van der Waals surface area (Å²) in [6.45, 7) is 6.53. The number of fused-ring (bicyclic) bond motifs is 2. The van der Waals surface area contributed by atoms with Crippen molar-refractivity contribution in [1.29, 1.82) is 0 Å². The minimum atomic E-state index is -0.652. The first-order chi connectivity index (χ1) is 13.8. The van der Waals surface area contributed by atoms with Gasteiger partial charge in [-0.15, -0.1) is 0 Å². The largest absolute Gasteiger partial charge is 0.481 e. The van der Waals surface area contributed by atoms with Crippen molar-refractivity contribution in [2.24, 2.45) is 5.92 Å². The highest BCUT2D eigenvalue weighted by Crippen LogP contribution is 2.40. The number of carbonyl (C=O) groups is 1. The van der Waals surface area contributed by atoms with Gasteiger partial charge in [-0.3, -0.25) is 4.79 Å². The second-order valence-corrected chi connectivity index (χ2v) is 8.64. The Labute approximate surface area is 170 Å². The van der Waals surface area contributed by atoms with E-state index in [0.717, 1.165) is 36.6 Å². The summed E-state index contributed by atoms with van der Waals surface area (Å²) in [5.74, 6) is 0.581. The summed E-state index contributed by atoms with van der Waals surface area (Å²) in [7, 11) is 0. The molecule has 2 aromatic rings. The van der Waals surface area contributed by atoms with Crippen LogP contribution >= 0.6 is 0 Å². The Morgan fingerprint density at radius 2 is 2.07 bits per heavy atom. The summed E-state index contributed by atoms with van der Waals surface area (Å²) in [5.41, 5.74) is 0.984. The zero-order chi connectivity index (χ0) is 20.8.